The lowest BCUT2D eigenvalue weighted by Crippen LogP contribution is -2.32. The molecule has 224 valence electrons. The minimum atomic E-state index is -1.29. The van der Waals surface area contributed by atoms with Gasteiger partial charge in [0.05, 0.1) is 7.11 Å². The molecule has 2 fully saturated rings. The Morgan fingerprint density at radius 1 is 0.977 bits per heavy atom. The Hall–Kier alpha value is -4.38. The van der Waals surface area contributed by atoms with Crippen molar-refractivity contribution in [3.05, 3.63) is 113 Å². The Kier molecular flexibility index (Phi) is 7.28. The van der Waals surface area contributed by atoms with Crippen LogP contribution in [0.25, 0.3) is 16.8 Å². The summed E-state index contributed by atoms with van der Waals surface area (Å²) in [6, 6.07) is 29.0. The number of ether oxygens (including phenoxy) is 1. The number of anilines is 1. The lowest BCUT2D eigenvalue weighted by Gasteiger charge is -2.35. The number of fused-ring (bicyclic) bond motifs is 4. The third-order valence-electron chi connectivity index (χ3n) is 10.5. The SMILES string of the molecule is COc1ccc2cc(CCC3CC4CCCC4c4cc(C=C5C(=O)N(c6ccccc6)CC5(C)C(=O)O)ccc43)ccc2c1. The topological polar surface area (TPSA) is 66.8 Å². The average Bonchev–Trinajstić information content (AvgIpc) is 3.63. The number of benzene rings is 4. The number of aliphatic carboxylic acids is 1. The van der Waals surface area contributed by atoms with Crippen LogP contribution in [0.4, 0.5) is 5.69 Å². The Labute approximate surface area is 259 Å². The van der Waals surface area contributed by atoms with Crippen LogP contribution in [0.2, 0.25) is 0 Å². The monoisotopic (exact) mass is 585 g/mol. The number of para-hydroxylation sites is 1. The number of amides is 1. The molecule has 1 saturated heterocycles. The van der Waals surface area contributed by atoms with Gasteiger partial charge in [0.1, 0.15) is 11.2 Å². The van der Waals surface area contributed by atoms with E-state index in [-0.39, 0.29) is 12.5 Å². The zero-order valence-electron chi connectivity index (χ0n) is 25.5. The second-order valence-corrected chi connectivity index (χ2v) is 13.1. The number of hydrogen-bond donors (Lipinski definition) is 1. The average molecular weight is 586 g/mol. The van der Waals surface area contributed by atoms with E-state index in [1.165, 1.54) is 53.1 Å². The molecule has 4 atom stereocenters. The molecule has 0 spiro atoms. The molecule has 4 aromatic rings. The minimum Gasteiger partial charge on any atom is -0.497 e. The standard InChI is InChI=1S/C39H39NO4/c1-39(38(42)43)24-40(31-8-4-3-5-9-31)37(41)36(39)21-26-13-18-34-30(22-29-7-6-10-33(29)35(34)20-26)15-12-25-11-14-28-23-32(44-2)17-16-27(28)19-25/h3-5,8-9,11,13-14,16-21,23,29-30,33H,6-7,10,12,15,22,24H2,1-2H3,(H,42,43). The van der Waals surface area contributed by atoms with Crippen LogP contribution in [-0.2, 0) is 16.0 Å². The molecule has 1 amide bonds. The van der Waals surface area contributed by atoms with Gasteiger partial charge < -0.3 is 14.7 Å². The molecule has 1 N–H and O–H groups in total. The molecule has 0 aromatic heterocycles. The summed E-state index contributed by atoms with van der Waals surface area (Å²) in [6.07, 6.45) is 8.91. The Bertz CT molecular complexity index is 1780. The van der Waals surface area contributed by atoms with Gasteiger partial charge in [-0.05, 0) is 120 Å². The molecule has 44 heavy (non-hydrogen) atoms. The van der Waals surface area contributed by atoms with E-state index in [0.717, 1.165) is 29.8 Å². The fourth-order valence-corrected chi connectivity index (χ4v) is 8.01. The lowest BCUT2D eigenvalue weighted by molar-refractivity contribution is -0.144. The number of nitrogens with zero attached hydrogens (tertiary/aromatic N) is 1. The second kappa shape index (κ2) is 11.3. The van der Waals surface area contributed by atoms with E-state index in [2.05, 4.69) is 48.5 Å². The summed E-state index contributed by atoms with van der Waals surface area (Å²) >= 11 is 0. The summed E-state index contributed by atoms with van der Waals surface area (Å²) in [7, 11) is 1.70. The van der Waals surface area contributed by atoms with Gasteiger partial charge in [-0.2, -0.15) is 0 Å². The summed E-state index contributed by atoms with van der Waals surface area (Å²) < 4.78 is 5.39. The molecule has 0 bridgehead atoms. The zero-order valence-corrected chi connectivity index (χ0v) is 25.5. The Morgan fingerprint density at radius 3 is 2.57 bits per heavy atom. The van der Waals surface area contributed by atoms with Crippen molar-refractivity contribution < 1.29 is 19.4 Å². The maximum Gasteiger partial charge on any atom is 0.315 e. The number of hydrogen-bond acceptors (Lipinski definition) is 3. The second-order valence-electron chi connectivity index (χ2n) is 13.1. The summed E-state index contributed by atoms with van der Waals surface area (Å²) in [6.45, 7) is 1.80. The van der Waals surface area contributed by atoms with Crippen LogP contribution < -0.4 is 9.64 Å². The molecule has 0 radical (unpaired) electrons. The first kappa shape index (κ1) is 28.4. The fourth-order valence-electron chi connectivity index (χ4n) is 8.01. The third kappa shape index (κ3) is 4.98. The van der Waals surface area contributed by atoms with Crippen LogP contribution in [0.3, 0.4) is 0 Å². The van der Waals surface area contributed by atoms with E-state index in [4.69, 9.17) is 4.74 Å². The van der Waals surface area contributed by atoms with Crippen LogP contribution in [0.1, 0.15) is 73.1 Å². The first-order valence-corrected chi connectivity index (χ1v) is 15.9. The van der Waals surface area contributed by atoms with E-state index < -0.39 is 11.4 Å². The quantitative estimate of drug-likeness (QED) is 0.221. The maximum absolute atomic E-state index is 13.7. The highest BCUT2D eigenvalue weighted by molar-refractivity contribution is 6.16. The number of rotatable bonds is 7. The molecule has 1 saturated carbocycles. The smallest absolute Gasteiger partial charge is 0.315 e. The third-order valence-corrected chi connectivity index (χ3v) is 10.5. The minimum absolute atomic E-state index is 0.122. The first-order chi connectivity index (χ1) is 21.3. The maximum atomic E-state index is 13.7. The molecule has 1 aliphatic heterocycles. The normalized spacial score (nSPS) is 25.3. The van der Waals surface area contributed by atoms with Gasteiger partial charge in [-0.3, -0.25) is 9.59 Å². The highest BCUT2D eigenvalue weighted by Crippen LogP contribution is 2.52. The molecule has 5 nitrogen and oxygen atoms in total. The molecule has 2 aliphatic carbocycles. The van der Waals surface area contributed by atoms with E-state index in [9.17, 15) is 14.7 Å². The van der Waals surface area contributed by atoms with E-state index in [1.54, 1.807) is 18.9 Å². The molecule has 1 heterocycles. The zero-order chi connectivity index (χ0) is 30.4. The summed E-state index contributed by atoms with van der Waals surface area (Å²) in [5, 5.41) is 12.7. The van der Waals surface area contributed by atoms with Crippen molar-refractivity contribution in [2.24, 2.45) is 11.3 Å². The molecule has 3 aliphatic rings. The number of methoxy groups -OCH3 is 1. The Balaban J connectivity index is 1.18. The van der Waals surface area contributed by atoms with Crippen LogP contribution in [0.5, 0.6) is 5.75 Å². The predicted molar refractivity (Wildman–Crippen MR) is 175 cm³/mol. The van der Waals surface area contributed by atoms with E-state index >= 15 is 0 Å². The van der Waals surface area contributed by atoms with Crippen LogP contribution in [-0.4, -0.2) is 30.6 Å². The van der Waals surface area contributed by atoms with Gasteiger partial charge >= 0.3 is 5.97 Å². The number of carboxylic acids is 1. The van der Waals surface area contributed by atoms with Gasteiger partial charge in [0.15, 0.2) is 0 Å². The highest BCUT2D eigenvalue weighted by Gasteiger charge is 2.50. The number of aryl methyl sites for hydroxylation is 1. The van der Waals surface area contributed by atoms with Crippen molar-refractivity contribution in [3.8, 4) is 5.75 Å². The van der Waals surface area contributed by atoms with Crippen LogP contribution in [0, 0.1) is 11.3 Å². The summed E-state index contributed by atoms with van der Waals surface area (Å²) in [5.41, 5.74) is 4.91. The Morgan fingerprint density at radius 2 is 1.77 bits per heavy atom. The number of carboxylic acid groups (broad SMARTS) is 1. The summed E-state index contributed by atoms with van der Waals surface area (Å²) in [4.78, 5) is 27.8. The van der Waals surface area contributed by atoms with Gasteiger partial charge in [0.25, 0.3) is 5.91 Å². The van der Waals surface area contributed by atoms with Crippen molar-refractivity contribution in [1.29, 1.82) is 0 Å². The molecule has 4 aromatic carbocycles. The number of carbonyl (C=O) groups excluding carboxylic acids is 1. The van der Waals surface area contributed by atoms with E-state index in [0.29, 0.717) is 23.3 Å². The van der Waals surface area contributed by atoms with Crippen LogP contribution >= 0.6 is 0 Å². The molecular weight excluding hydrogens is 546 g/mol. The van der Waals surface area contributed by atoms with Crippen molar-refractivity contribution in [3.63, 3.8) is 0 Å². The van der Waals surface area contributed by atoms with Crippen LogP contribution in [0.15, 0.2) is 90.5 Å². The van der Waals surface area contributed by atoms with Crippen molar-refractivity contribution in [1.82, 2.24) is 0 Å². The van der Waals surface area contributed by atoms with Crippen molar-refractivity contribution in [2.75, 3.05) is 18.6 Å². The fraction of sp³-hybridized carbons (Fsp3) is 0.333. The van der Waals surface area contributed by atoms with Crippen molar-refractivity contribution >= 4 is 34.4 Å². The highest BCUT2D eigenvalue weighted by atomic mass is 16.5. The summed E-state index contributed by atoms with van der Waals surface area (Å²) in [5.74, 6) is 1.39. The molecular formula is C39H39NO4. The first-order valence-electron chi connectivity index (χ1n) is 15.9. The van der Waals surface area contributed by atoms with Crippen molar-refractivity contribution in [2.45, 2.75) is 57.3 Å². The largest absolute Gasteiger partial charge is 0.497 e. The lowest BCUT2D eigenvalue weighted by atomic mass is 9.69. The van der Waals surface area contributed by atoms with Gasteiger partial charge in [-0.1, -0.05) is 67.1 Å². The van der Waals surface area contributed by atoms with Gasteiger partial charge in [0.2, 0.25) is 0 Å². The van der Waals surface area contributed by atoms with Gasteiger partial charge in [-0.25, -0.2) is 0 Å². The predicted octanol–water partition coefficient (Wildman–Crippen LogP) is 8.37. The number of carbonyl (C=O) groups is 2. The van der Waals surface area contributed by atoms with Gasteiger partial charge in [0, 0.05) is 17.8 Å². The molecule has 4 unspecified atom stereocenters. The molecule has 5 heteroatoms. The van der Waals surface area contributed by atoms with Gasteiger partial charge in [-0.15, -0.1) is 0 Å². The molecule has 7 rings (SSSR count). The van der Waals surface area contributed by atoms with E-state index in [1.807, 2.05) is 42.5 Å².